The highest BCUT2D eigenvalue weighted by Crippen LogP contribution is 2.16. The second-order valence-corrected chi connectivity index (χ2v) is 5.37. The third-order valence-corrected chi connectivity index (χ3v) is 3.95. The summed E-state index contributed by atoms with van der Waals surface area (Å²) in [4.78, 5) is 0. The summed E-state index contributed by atoms with van der Waals surface area (Å²) in [5, 5.41) is 4.31. The summed E-state index contributed by atoms with van der Waals surface area (Å²) in [5.74, 6) is 6.55. The molecule has 2 aromatic rings. The van der Waals surface area contributed by atoms with Gasteiger partial charge in [-0.25, -0.2) is 0 Å². The zero-order chi connectivity index (χ0) is 13.5. The quantitative estimate of drug-likeness (QED) is 0.604. The first-order valence-corrected chi connectivity index (χ1v) is 7.36. The number of thiophene rings is 1. The van der Waals surface area contributed by atoms with E-state index in [0.717, 1.165) is 25.0 Å². The minimum absolute atomic E-state index is 0.284. The SMILES string of the molecule is COc1cccc(CC(CCc2ccsc2)NN)c1. The maximum absolute atomic E-state index is 5.65. The van der Waals surface area contributed by atoms with Crippen LogP contribution in [-0.4, -0.2) is 13.2 Å². The molecular weight excluding hydrogens is 256 g/mol. The van der Waals surface area contributed by atoms with Gasteiger partial charge in [0, 0.05) is 6.04 Å². The van der Waals surface area contributed by atoms with Gasteiger partial charge in [0.25, 0.3) is 0 Å². The lowest BCUT2D eigenvalue weighted by Crippen LogP contribution is -2.37. The summed E-state index contributed by atoms with van der Waals surface area (Å²) in [6.45, 7) is 0. The van der Waals surface area contributed by atoms with Gasteiger partial charge >= 0.3 is 0 Å². The summed E-state index contributed by atoms with van der Waals surface area (Å²) in [6.07, 6.45) is 3.00. The minimum Gasteiger partial charge on any atom is -0.497 e. The predicted molar refractivity (Wildman–Crippen MR) is 80.4 cm³/mol. The van der Waals surface area contributed by atoms with Crippen LogP contribution in [0, 0.1) is 0 Å². The Balaban J connectivity index is 1.90. The predicted octanol–water partition coefficient (Wildman–Crippen LogP) is 2.76. The number of nitrogens with two attached hydrogens (primary N) is 1. The van der Waals surface area contributed by atoms with Crippen molar-refractivity contribution in [3.8, 4) is 5.75 Å². The van der Waals surface area contributed by atoms with Crippen molar-refractivity contribution in [2.75, 3.05) is 7.11 Å². The topological polar surface area (TPSA) is 47.3 Å². The van der Waals surface area contributed by atoms with E-state index in [9.17, 15) is 0 Å². The zero-order valence-corrected chi connectivity index (χ0v) is 12.0. The maximum atomic E-state index is 5.65. The molecule has 1 heterocycles. The van der Waals surface area contributed by atoms with Gasteiger partial charge in [0.05, 0.1) is 7.11 Å². The van der Waals surface area contributed by atoms with Crippen LogP contribution in [-0.2, 0) is 12.8 Å². The van der Waals surface area contributed by atoms with Crippen molar-refractivity contribution in [1.29, 1.82) is 0 Å². The molecule has 19 heavy (non-hydrogen) atoms. The van der Waals surface area contributed by atoms with E-state index < -0.39 is 0 Å². The Bertz CT molecular complexity index is 485. The van der Waals surface area contributed by atoms with Crippen molar-refractivity contribution in [2.24, 2.45) is 5.84 Å². The van der Waals surface area contributed by atoms with E-state index in [0.29, 0.717) is 0 Å². The molecule has 0 saturated heterocycles. The molecule has 1 unspecified atom stereocenters. The normalized spacial score (nSPS) is 12.3. The molecule has 0 amide bonds. The lowest BCUT2D eigenvalue weighted by molar-refractivity contribution is 0.413. The number of hydrogen-bond donors (Lipinski definition) is 2. The fourth-order valence-electron chi connectivity index (χ4n) is 2.10. The first-order valence-electron chi connectivity index (χ1n) is 6.42. The molecule has 1 aromatic carbocycles. The van der Waals surface area contributed by atoms with E-state index in [-0.39, 0.29) is 6.04 Å². The van der Waals surface area contributed by atoms with Crippen LogP contribution in [0.1, 0.15) is 17.5 Å². The van der Waals surface area contributed by atoms with Gasteiger partial charge in [-0.1, -0.05) is 12.1 Å². The van der Waals surface area contributed by atoms with E-state index >= 15 is 0 Å². The number of benzene rings is 1. The summed E-state index contributed by atoms with van der Waals surface area (Å²) >= 11 is 1.74. The van der Waals surface area contributed by atoms with Crippen molar-refractivity contribution in [3.63, 3.8) is 0 Å². The summed E-state index contributed by atoms with van der Waals surface area (Å²) in [5.41, 5.74) is 5.54. The first-order chi connectivity index (χ1) is 9.31. The molecule has 0 aliphatic heterocycles. The monoisotopic (exact) mass is 276 g/mol. The highest BCUT2D eigenvalue weighted by molar-refractivity contribution is 7.07. The second-order valence-electron chi connectivity index (χ2n) is 4.59. The lowest BCUT2D eigenvalue weighted by Gasteiger charge is -2.16. The highest BCUT2D eigenvalue weighted by Gasteiger charge is 2.09. The molecule has 0 fully saturated rings. The number of ether oxygens (including phenoxy) is 1. The molecule has 0 radical (unpaired) electrons. The van der Waals surface area contributed by atoms with Crippen LogP contribution in [0.25, 0.3) is 0 Å². The van der Waals surface area contributed by atoms with E-state index in [1.165, 1.54) is 11.1 Å². The Labute approximate surface area is 118 Å². The van der Waals surface area contributed by atoms with Crippen LogP contribution in [0.2, 0.25) is 0 Å². The average Bonchev–Trinajstić information content (AvgIpc) is 2.97. The van der Waals surface area contributed by atoms with Crippen LogP contribution < -0.4 is 16.0 Å². The Kier molecular flexibility index (Phi) is 5.39. The van der Waals surface area contributed by atoms with Gasteiger partial charge in [0.1, 0.15) is 5.75 Å². The van der Waals surface area contributed by atoms with Crippen LogP contribution >= 0.6 is 11.3 Å². The van der Waals surface area contributed by atoms with Crippen molar-refractivity contribution >= 4 is 11.3 Å². The van der Waals surface area contributed by atoms with Gasteiger partial charge in [-0.3, -0.25) is 11.3 Å². The Morgan fingerprint density at radius 2 is 2.21 bits per heavy atom. The third kappa shape index (κ3) is 4.35. The number of hydrazine groups is 1. The number of rotatable bonds is 7. The number of methoxy groups -OCH3 is 1. The minimum atomic E-state index is 0.284. The van der Waals surface area contributed by atoms with Gasteiger partial charge < -0.3 is 4.74 Å². The van der Waals surface area contributed by atoms with Crippen LogP contribution in [0.15, 0.2) is 41.1 Å². The van der Waals surface area contributed by atoms with Crippen molar-refractivity contribution in [1.82, 2.24) is 5.43 Å². The molecule has 0 bridgehead atoms. The molecule has 0 saturated carbocycles. The molecule has 1 aromatic heterocycles. The zero-order valence-electron chi connectivity index (χ0n) is 11.1. The van der Waals surface area contributed by atoms with Crippen LogP contribution in [0.5, 0.6) is 5.75 Å². The molecule has 3 N–H and O–H groups in total. The van der Waals surface area contributed by atoms with Crippen LogP contribution in [0.4, 0.5) is 0 Å². The number of nitrogens with one attached hydrogen (secondary N) is 1. The Hall–Kier alpha value is -1.36. The molecule has 0 aliphatic carbocycles. The van der Waals surface area contributed by atoms with E-state index in [1.54, 1.807) is 18.4 Å². The fraction of sp³-hybridized carbons (Fsp3) is 0.333. The van der Waals surface area contributed by atoms with E-state index in [2.05, 4.69) is 34.4 Å². The van der Waals surface area contributed by atoms with E-state index in [4.69, 9.17) is 10.6 Å². The third-order valence-electron chi connectivity index (χ3n) is 3.21. The fourth-order valence-corrected chi connectivity index (χ4v) is 2.81. The first kappa shape index (κ1) is 14.1. The van der Waals surface area contributed by atoms with Crippen molar-refractivity contribution < 1.29 is 4.74 Å². The summed E-state index contributed by atoms with van der Waals surface area (Å²) in [6, 6.07) is 10.6. The van der Waals surface area contributed by atoms with Gasteiger partial charge in [0.15, 0.2) is 0 Å². The maximum Gasteiger partial charge on any atom is 0.119 e. The second kappa shape index (κ2) is 7.28. The van der Waals surface area contributed by atoms with Gasteiger partial charge in [-0.15, -0.1) is 0 Å². The molecule has 3 nitrogen and oxygen atoms in total. The molecule has 4 heteroatoms. The number of hydrogen-bond acceptors (Lipinski definition) is 4. The molecule has 0 spiro atoms. The highest BCUT2D eigenvalue weighted by atomic mass is 32.1. The lowest BCUT2D eigenvalue weighted by atomic mass is 10.0. The molecule has 1 atom stereocenters. The molecule has 102 valence electrons. The molecular formula is C15H20N2OS. The summed E-state index contributed by atoms with van der Waals surface area (Å²) in [7, 11) is 1.69. The molecule has 0 aliphatic rings. The smallest absolute Gasteiger partial charge is 0.119 e. The Morgan fingerprint density at radius 1 is 1.32 bits per heavy atom. The van der Waals surface area contributed by atoms with Gasteiger partial charge in [-0.2, -0.15) is 11.3 Å². The van der Waals surface area contributed by atoms with Crippen LogP contribution in [0.3, 0.4) is 0 Å². The summed E-state index contributed by atoms with van der Waals surface area (Å²) < 4.78 is 5.24. The average molecular weight is 276 g/mol. The standard InChI is InChI=1S/C15H20N2OS/c1-18-15-4-2-3-13(10-15)9-14(17-16)6-5-12-7-8-19-11-12/h2-4,7-8,10-11,14,17H,5-6,9,16H2,1H3. The Morgan fingerprint density at radius 3 is 2.89 bits per heavy atom. The van der Waals surface area contributed by atoms with Gasteiger partial charge in [-0.05, 0) is 59.3 Å². The van der Waals surface area contributed by atoms with Crippen molar-refractivity contribution in [2.45, 2.75) is 25.3 Å². The largest absolute Gasteiger partial charge is 0.497 e. The van der Waals surface area contributed by atoms with Gasteiger partial charge in [0.2, 0.25) is 0 Å². The number of aryl methyl sites for hydroxylation is 1. The van der Waals surface area contributed by atoms with E-state index in [1.807, 2.05) is 12.1 Å². The molecule has 2 rings (SSSR count). The van der Waals surface area contributed by atoms with Crippen molar-refractivity contribution in [3.05, 3.63) is 52.2 Å².